The van der Waals surface area contributed by atoms with Crippen molar-refractivity contribution in [1.29, 1.82) is 0 Å². The molecule has 15 nitrogen and oxygen atoms in total. The van der Waals surface area contributed by atoms with E-state index in [2.05, 4.69) is 9.05 Å². The first-order valence-corrected chi connectivity index (χ1v) is 10.9. The van der Waals surface area contributed by atoms with Gasteiger partial charge in [0, 0.05) is 13.8 Å². The molecule has 0 aliphatic carbocycles. The summed E-state index contributed by atoms with van der Waals surface area (Å²) in [5.74, 6) is -1.35. The molecule has 1 fully saturated rings. The molecule has 6 N–H and O–H groups in total. The lowest BCUT2D eigenvalue weighted by Crippen LogP contribution is -2.59. The highest BCUT2D eigenvalue weighted by molar-refractivity contribution is 7.47. The number of carbonyl (C=O) groups is 2. The van der Waals surface area contributed by atoms with Crippen molar-refractivity contribution >= 4 is 19.8 Å². The van der Waals surface area contributed by atoms with Gasteiger partial charge in [0.2, 0.25) is 0 Å². The maximum absolute atomic E-state index is 11.8. The van der Waals surface area contributed by atoms with Crippen molar-refractivity contribution in [3.63, 3.8) is 0 Å². The molecular formula is C16H29O15P. The molecule has 1 rings (SSSR count). The van der Waals surface area contributed by atoms with Gasteiger partial charge in [-0.3, -0.25) is 18.6 Å². The zero-order valence-electron chi connectivity index (χ0n) is 17.4. The van der Waals surface area contributed by atoms with Crippen molar-refractivity contribution in [2.75, 3.05) is 33.0 Å². The van der Waals surface area contributed by atoms with Gasteiger partial charge in [-0.25, -0.2) is 4.57 Å². The van der Waals surface area contributed by atoms with Crippen LogP contribution < -0.4 is 0 Å². The van der Waals surface area contributed by atoms with Gasteiger partial charge in [-0.15, -0.1) is 0 Å². The summed E-state index contributed by atoms with van der Waals surface area (Å²) >= 11 is 0. The van der Waals surface area contributed by atoms with Crippen molar-refractivity contribution in [2.24, 2.45) is 0 Å². The quantitative estimate of drug-likeness (QED) is 0.110. The molecule has 0 spiro atoms. The number of phosphoric acid groups is 1. The molecule has 32 heavy (non-hydrogen) atoms. The predicted octanol–water partition coefficient (Wildman–Crippen LogP) is -3.21. The van der Waals surface area contributed by atoms with Gasteiger partial charge in [0.15, 0.2) is 12.4 Å². The summed E-state index contributed by atoms with van der Waals surface area (Å²) < 4.78 is 41.1. The first-order chi connectivity index (χ1) is 14.9. The lowest BCUT2D eigenvalue weighted by atomic mass is 9.99. The Labute approximate surface area is 183 Å². The summed E-state index contributed by atoms with van der Waals surface area (Å²) in [5.41, 5.74) is 0. The van der Waals surface area contributed by atoms with E-state index in [-0.39, 0.29) is 6.61 Å². The summed E-state index contributed by atoms with van der Waals surface area (Å²) in [6, 6.07) is 0. The molecule has 1 unspecified atom stereocenters. The predicted molar refractivity (Wildman–Crippen MR) is 99.6 cm³/mol. The van der Waals surface area contributed by atoms with Crippen LogP contribution in [0.1, 0.15) is 13.8 Å². The van der Waals surface area contributed by atoms with Gasteiger partial charge in [0.25, 0.3) is 0 Å². The van der Waals surface area contributed by atoms with Crippen molar-refractivity contribution in [3.05, 3.63) is 0 Å². The van der Waals surface area contributed by atoms with Crippen LogP contribution >= 0.6 is 7.82 Å². The Morgan fingerprint density at radius 2 is 1.66 bits per heavy atom. The summed E-state index contributed by atoms with van der Waals surface area (Å²) in [4.78, 5) is 31.7. The highest BCUT2D eigenvalue weighted by Crippen LogP contribution is 2.43. The van der Waals surface area contributed by atoms with E-state index in [0.29, 0.717) is 0 Å². The van der Waals surface area contributed by atoms with Crippen LogP contribution in [0.25, 0.3) is 0 Å². The van der Waals surface area contributed by atoms with Crippen LogP contribution in [0.2, 0.25) is 0 Å². The van der Waals surface area contributed by atoms with E-state index < -0.39 is 89.1 Å². The maximum Gasteiger partial charge on any atom is 0.472 e. The number of aliphatic hydroxyl groups excluding tert-OH is 5. The van der Waals surface area contributed by atoms with Gasteiger partial charge in [-0.1, -0.05) is 0 Å². The molecule has 1 heterocycles. The molecule has 0 radical (unpaired) electrons. The second kappa shape index (κ2) is 13.5. The van der Waals surface area contributed by atoms with Crippen LogP contribution in [-0.2, 0) is 42.1 Å². The molecule has 0 aromatic carbocycles. The molecule has 1 saturated heterocycles. The molecular weight excluding hydrogens is 463 g/mol. The smallest absolute Gasteiger partial charge is 0.462 e. The molecule has 0 aromatic rings. The lowest BCUT2D eigenvalue weighted by molar-refractivity contribution is -0.304. The van der Waals surface area contributed by atoms with Gasteiger partial charge in [0.05, 0.1) is 26.4 Å². The lowest BCUT2D eigenvalue weighted by Gasteiger charge is -2.40. The molecule has 0 aromatic heterocycles. The van der Waals surface area contributed by atoms with Gasteiger partial charge in [-0.2, -0.15) is 0 Å². The van der Waals surface area contributed by atoms with E-state index in [9.17, 15) is 34.4 Å². The molecule has 0 bridgehead atoms. The minimum Gasteiger partial charge on any atom is -0.462 e. The van der Waals surface area contributed by atoms with Crippen LogP contribution in [-0.4, -0.2) is 118 Å². The number of hydrogen-bond donors (Lipinski definition) is 6. The number of rotatable bonds is 13. The second-order valence-electron chi connectivity index (χ2n) is 6.78. The number of ether oxygens (including phenoxy) is 4. The first-order valence-electron chi connectivity index (χ1n) is 9.39. The average Bonchev–Trinajstić information content (AvgIpc) is 2.72. The molecule has 188 valence electrons. The highest BCUT2D eigenvalue weighted by Gasteiger charge is 2.45. The largest absolute Gasteiger partial charge is 0.472 e. The Morgan fingerprint density at radius 3 is 2.22 bits per heavy atom. The fourth-order valence-corrected chi connectivity index (χ4v) is 3.16. The van der Waals surface area contributed by atoms with E-state index in [0.717, 1.165) is 13.8 Å². The molecule has 1 aliphatic heterocycles. The molecule has 0 amide bonds. The third kappa shape index (κ3) is 10.1. The molecule has 16 heteroatoms. The number of esters is 2. The normalized spacial score (nSPS) is 29.6. The van der Waals surface area contributed by atoms with Gasteiger partial charge in [0.1, 0.15) is 37.1 Å². The SMILES string of the molecule is CC(=O)OC[C@H](CO[C@H]1O[C@H](COP(=O)(O)OC[C@H](O)CO)[C@@H](O)[C@H](O)[C@H]1O)OC(C)=O. The Balaban J connectivity index is 2.69. The highest BCUT2D eigenvalue weighted by atomic mass is 31.2. The van der Waals surface area contributed by atoms with E-state index >= 15 is 0 Å². The van der Waals surface area contributed by atoms with Crippen molar-refractivity contribution < 1.29 is 72.6 Å². The Hall–Kier alpha value is -1.23. The zero-order chi connectivity index (χ0) is 24.5. The Bertz CT molecular complexity index is 645. The van der Waals surface area contributed by atoms with Crippen LogP contribution in [0, 0.1) is 0 Å². The summed E-state index contributed by atoms with van der Waals surface area (Å²) in [7, 11) is -4.73. The standard InChI is InChI=1S/C16H29O15P/c1-8(18)26-5-11(30-9(2)19)6-27-16-15(23)14(22)13(21)12(31-16)7-29-32(24,25)28-4-10(20)3-17/h10-17,20-23H,3-7H2,1-2H3,(H,24,25)/t10-,11-,12-,13-,14+,15-,16+/m1/s1. The van der Waals surface area contributed by atoms with Crippen molar-refractivity contribution in [3.8, 4) is 0 Å². The summed E-state index contributed by atoms with van der Waals surface area (Å²) in [6.07, 6.45) is -10.9. The van der Waals surface area contributed by atoms with E-state index in [4.69, 9.17) is 29.2 Å². The van der Waals surface area contributed by atoms with E-state index in [1.165, 1.54) is 0 Å². The summed E-state index contributed by atoms with van der Waals surface area (Å²) in [5, 5.41) is 47.9. The molecule has 0 saturated carbocycles. The number of hydrogen-bond acceptors (Lipinski definition) is 14. The third-order valence-corrected chi connectivity index (χ3v) is 4.91. The van der Waals surface area contributed by atoms with Gasteiger partial charge >= 0.3 is 19.8 Å². The van der Waals surface area contributed by atoms with Gasteiger partial charge < -0.3 is 49.4 Å². The van der Waals surface area contributed by atoms with Crippen LogP contribution in [0.4, 0.5) is 0 Å². The first kappa shape index (κ1) is 28.8. The Morgan fingerprint density at radius 1 is 1.00 bits per heavy atom. The van der Waals surface area contributed by atoms with Crippen LogP contribution in [0.15, 0.2) is 0 Å². The number of aliphatic hydroxyl groups is 5. The van der Waals surface area contributed by atoms with Crippen LogP contribution in [0.5, 0.6) is 0 Å². The number of carbonyl (C=O) groups excluding carboxylic acids is 2. The Kier molecular flexibility index (Phi) is 12.1. The third-order valence-electron chi connectivity index (χ3n) is 3.96. The van der Waals surface area contributed by atoms with Crippen molar-refractivity contribution in [2.45, 2.75) is 56.8 Å². The molecule has 8 atom stereocenters. The van der Waals surface area contributed by atoms with Crippen LogP contribution in [0.3, 0.4) is 0 Å². The monoisotopic (exact) mass is 492 g/mol. The number of phosphoric ester groups is 1. The molecule has 1 aliphatic rings. The van der Waals surface area contributed by atoms with E-state index in [1.54, 1.807) is 0 Å². The van der Waals surface area contributed by atoms with Crippen molar-refractivity contribution in [1.82, 2.24) is 0 Å². The minimum atomic E-state index is -4.73. The van der Waals surface area contributed by atoms with Gasteiger partial charge in [-0.05, 0) is 0 Å². The maximum atomic E-state index is 11.8. The fourth-order valence-electron chi connectivity index (χ4n) is 2.39. The minimum absolute atomic E-state index is 0.361. The average molecular weight is 492 g/mol. The van der Waals surface area contributed by atoms with E-state index in [1.807, 2.05) is 0 Å². The second-order valence-corrected chi connectivity index (χ2v) is 8.23. The summed E-state index contributed by atoms with van der Waals surface area (Å²) in [6.45, 7) is -0.795. The topological polar surface area (TPSA) is 228 Å². The zero-order valence-corrected chi connectivity index (χ0v) is 18.3. The fraction of sp³-hybridized carbons (Fsp3) is 0.875.